The molecule has 1 atom stereocenters. The summed E-state index contributed by atoms with van der Waals surface area (Å²) in [6, 6.07) is 4.15. The first-order valence-electron chi connectivity index (χ1n) is 7.19. The third-order valence-corrected chi connectivity index (χ3v) is 3.11. The highest BCUT2D eigenvalue weighted by molar-refractivity contribution is 5.82. The fourth-order valence-corrected chi connectivity index (χ4v) is 2.13. The maximum atomic E-state index is 12.1. The summed E-state index contributed by atoms with van der Waals surface area (Å²) in [7, 11) is 1.56. The largest absolute Gasteiger partial charge is 0.496 e. The number of aryl methyl sites for hydroxylation is 1. The fraction of sp³-hybridized carbons (Fsp3) is 0.500. The minimum atomic E-state index is -0.742. The topological polar surface area (TPSA) is 90.7 Å². The summed E-state index contributed by atoms with van der Waals surface area (Å²) in [5.74, 6) is 0.371. The SMILES string of the molecule is COc1ccc(C)cc1COC(=O)[C@H](CC(C)C)NC(N)=O. The molecule has 3 N–H and O–H groups in total. The number of carbonyl (C=O) groups is 2. The van der Waals surface area contributed by atoms with Gasteiger partial charge in [0.2, 0.25) is 0 Å². The summed E-state index contributed by atoms with van der Waals surface area (Å²) >= 11 is 0. The van der Waals surface area contributed by atoms with E-state index in [1.54, 1.807) is 7.11 Å². The molecule has 6 nitrogen and oxygen atoms in total. The van der Waals surface area contributed by atoms with E-state index in [9.17, 15) is 9.59 Å². The van der Waals surface area contributed by atoms with Crippen LogP contribution in [-0.2, 0) is 16.1 Å². The molecule has 0 bridgehead atoms. The van der Waals surface area contributed by atoms with Gasteiger partial charge in [-0.25, -0.2) is 9.59 Å². The molecule has 1 aromatic rings. The molecule has 6 heteroatoms. The number of amides is 2. The van der Waals surface area contributed by atoms with Gasteiger partial charge >= 0.3 is 12.0 Å². The van der Waals surface area contributed by atoms with Crippen LogP contribution in [0.3, 0.4) is 0 Å². The second kappa shape index (κ2) is 8.26. The van der Waals surface area contributed by atoms with Gasteiger partial charge in [0.1, 0.15) is 18.4 Å². The zero-order valence-corrected chi connectivity index (χ0v) is 13.5. The Morgan fingerprint density at radius 3 is 2.55 bits per heavy atom. The van der Waals surface area contributed by atoms with Crippen LogP contribution in [0.2, 0.25) is 0 Å². The minimum Gasteiger partial charge on any atom is -0.496 e. The summed E-state index contributed by atoms with van der Waals surface area (Å²) in [6.07, 6.45) is 0.465. The molecule has 0 aliphatic heterocycles. The number of methoxy groups -OCH3 is 1. The molecule has 0 aromatic heterocycles. The molecule has 2 amide bonds. The first-order valence-corrected chi connectivity index (χ1v) is 7.19. The summed E-state index contributed by atoms with van der Waals surface area (Å²) < 4.78 is 10.5. The van der Waals surface area contributed by atoms with E-state index in [1.807, 2.05) is 39.0 Å². The van der Waals surface area contributed by atoms with Crippen molar-refractivity contribution in [3.05, 3.63) is 29.3 Å². The molecule has 0 heterocycles. The highest BCUT2D eigenvalue weighted by Gasteiger charge is 2.23. The van der Waals surface area contributed by atoms with Gasteiger partial charge in [-0.2, -0.15) is 0 Å². The molecule has 0 spiro atoms. The Balaban J connectivity index is 2.73. The molecule has 1 aromatic carbocycles. The normalized spacial score (nSPS) is 11.9. The van der Waals surface area contributed by atoms with Crippen molar-refractivity contribution in [2.24, 2.45) is 11.7 Å². The van der Waals surface area contributed by atoms with Crippen LogP contribution in [0.5, 0.6) is 5.75 Å². The number of urea groups is 1. The van der Waals surface area contributed by atoms with Crippen molar-refractivity contribution in [1.82, 2.24) is 5.32 Å². The van der Waals surface area contributed by atoms with Crippen LogP contribution in [0, 0.1) is 12.8 Å². The van der Waals surface area contributed by atoms with Crippen molar-refractivity contribution in [1.29, 1.82) is 0 Å². The average molecular weight is 308 g/mol. The Morgan fingerprint density at radius 1 is 1.32 bits per heavy atom. The lowest BCUT2D eigenvalue weighted by molar-refractivity contribution is -0.147. The maximum Gasteiger partial charge on any atom is 0.329 e. The van der Waals surface area contributed by atoms with Crippen LogP contribution in [-0.4, -0.2) is 25.2 Å². The standard InChI is InChI=1S/C16H24N2O4/c1-10(2)7-13(18-16(17)20)15(19)22-9-12-8-11(3)5-6-14(12)21-4/h5-6,8,10,13H,7,9H2,1-4H3,(H3,17,18,20)/t13-/m0/s1. The predicted molar refractivity (Wildman–Crippen MR) is 83.5 cm³/mol. The van der Waals surface area contributed by atoms with Crippen molar-refractivity contribution < 1.29 is 19.1 Å². The Labute approximate surface area is 131 Å². The Hall–Kier alpha value is -2.24. The van der Waals surface area contributed by atoms with Gasteiger partial charge in [0.05, 0.1) is 7.11 Å². The Kier molecular flexibility index (Phi) is 6.69. The number of rotatable bonds is 7. The zero-order valence-electron chi connectivity index (χ0n) is 13.5. The number of primary amides is 1. The minimum absolute atomic E-state index is 0.0821. The van der Waals surface area contributed by atoms with Crippen molar-refractivity contribution in [3.63, 3.8) is 0 Å². The molecular formula is C16H24N2O4. The van der Waals surface area contributed by atoms with Gasteiger partial charge in [-0.15, -0.1) is 0 Å². The van der Waals surface area contributed by atoms with Crippen molar-refractivity contribution in [2.75, 3.05) is 7.11 Å². The number of hydrogen-bond donors (Lipinski definition) is 2. The average Bonchev–Trinajstić information content (AvgIpc) is 2.43. The predicted octanol–water partition coefficient (Wildman–Crippen LogP) is 2.13. The lowest BCUT2D eigenvalue weighted by Crippen LogP contribution is -2.45. The van der Waals surface area contributed by atoms with Crippen molar-refractivity contribution in [2.45, 2.75) is 39.8 Å². The van der Waals surface area contributed by atoms with Crippen molar-refractivity contribution in [3.8, 4) is 5.75 Å². The molecule has 0 aliphatic rings. The zero-order chi connectivity index (χ0) is 16.7. The van der Waals surface area contributed by atoms with E-state index in [1.165, 1.54) is 0 Å². The molecule has 0 aliphatic carbocycles. The number of carbonyl (C=O) groups excluding carboxylic acids is 2. The number of benzene rings is 1. The first-order chi connectivity index (χ1) is 10.3. The quantitative estimate of drug-likeness (QED) is 0.755. The van der Waals surface area contributed by atoms with E-state index in [4.69, 9.17) is 15.2 Å². The van der Waals surface area contributed by atoms with E-state index in [0.717, 1.165) is 11.1 Å². The second-order valence-corrected chi connectivity index (χ2v) is 5.61. The summed E-state index contributed by atoms with van der Waals surface area (Å²) in [5.41, 5.74) is 6.92. The molecule has 0 saturated carbocycles. The first kappa shape index (κ1) is 17.8. The van der Waals surface area contributed by atoms with Crippen LogP contribution in [0.25, 0.3) is 0 Å². The fourth-order valence-electron chi connectivity index (χ4n) is 2.13. The lowest BCUT2D eigenvalue weighted by Gasteiger charge is -2.18. The number of nitrogens with two attached hydrogens (primary N) is 1. The third kappa shape index (κ3) is 5.63. The molecule has 22 heavy (non-hydrogen) atoms. The van der Waals surface area contributed by atoms with Gasteiger partial charge in [0.15, 0.2) is 0 Å². The van der Waals surface area contributed by atoms with E-state index in [-0.39, 0.29) is 12.5 Å². The molecular weight excluding hydrogens is 284 g/mol. The molecule has 0 unspecified atom stereocenters. The Morgan fingerprint density at radius 2 is 2.00 bits per heavy atom. The van der Waals surface area contributed by atoms with Crippen LogP contribution >= 0.6 is 0 Å². The number of hydrogen-bond acceptors (Lipinski definition) is 4. The highest BCUT2D eigenvalue weighted by atomic mass is 16.5. The van der Waals surface area contributed by atoms with E-state index in [0.29, 0.717) is 12.2 Å². The second-order valence-electron chi connectivity index (χ2n) is 5.61. The summed E-state index contributed by atoms with van der Waals surface area (Å²) in [4.78, 5) is 23.1. The van der Waals surface area contributed by atoms with Crippen LogP contribution in [0.4, 0.5) is 4.79 Å². The van der Waals surface area contributed by atoms with E-state index < -0.39 is 18.0 Å². The number of ether oxygens (including phenoxy) is 2. The van der Waals surface area contributed by atoms with Gasteiger partial charge in [0.25, 0.3) is 0 Å². The summed E-state index contributed by atoms with van der Waals surface area (Å²) in [6.45, 7) is 5.93. The van der Waals surface area contributed by atoms with Gasteiger partial charge in [-0.05, 0) is 31.4 Å². The van der Waals surface area contributed by atoms with Gasteiger partial charge in [-0.1, -0.05) is 25.5 Å². The Bertz CT molecular complexity index is 529. The van der Waals surface area contributed by atoms with Crippen LogP contribution in [0.15, 0.2) is 18.2 Å². The lowest BCUT2D eigenvalue weighted by atomic mass is 10.0. The van der Waals surface area contributed by atoms with Crippen molar-refractivity contribution >= 4 is 12.0 Å². The molecule has 0 saturated heterocycles. The van der Waals surface area contributed by atoms with Gasteiger partial charge in [0, 0.05) is 5.56 Å². The van der Waals surface area contributed by atoms with Crippen LogP contribution < -0.4 is 15.8 Å². The smallest absolute Gasteiger partial charge is 0.329 e. The molecule has 0 fully saturated rings. The maximum absolute atomic E-state index is 12.1. The molecule has 0 radical (unpaired) electrons. The molecule has 122 valence electrons. The van der Waals surface area contributed by atoms with E-state index in [2.05, 4.69) is 5.32 Å². The monoisotopic (exact) mass is 308 g/mol. The number of nitrogens with one attached hydrogen (secondary N) is 1. The van der Waals surface area contributed by atoms with Gasteiger partial charge in [-0.3, -0.25) is 0 Å². The van der Waals surface area contributed by atoms with Gasteiger partial charge < -0.3 is 20.5 Å². The molecule has 1 rings (SSSR count). The van der Waals surface area contributed by atoms with Crippen LogP contribution in [0.1, 0.15) is 31.4 Å². The van der Waals surface area contributed by atoms with E-state index >= 15 is 0 Å². The third-order valence-electron chi connectivity index (χ3n) is 3.11. The summed E-state index contributed by atoms with van der Waals surface area (Å²) in [5, 5.41) is 2.42. The number of esters is 1. The highest BCUT2D eigenvalue weighted by Crippen LogP contribution is 2.21.